The number of hydrogen-bond acceptors (Lipinski definition) is 3. The minimum atomic E-state index is -0.184. The lowest BCUT2D eigenvalue weighted by atomic mass is 10.3. The van der Waals surface area contributed by atoms with Gasteiger partial charge in [0.05, 0.1) is 5.02 Å². The van der Waals surface area contributed by atoms with Crippen molar-refractivity contribution < 1.29 is 9.53 Å². The third kappa shape index (κ3) is 6.14. The summed E-state index contributed by atoms with van der Waals surface area (Å²) in [6.07, 6.45) is 0. The van der Waals surface area contributed by atoms with Crippen LogP contribution in [0.15, 0.2) is 18.2 Å². The van der Waals surface area contributed by atoms with E-state index >= 15 is 0 Å². The minimum absolute atomic E-state index is 0.0692. The predicted molar refractivity (Wildman–Crippen MR) is 78.1 cm³/mol. The highest BCUT2D eigenvalue weighted by Gasteiger charge is 2.07. The fourth-order valence-electron chi connectivity index (χ4n) is 1.47. The van der Waals surface area contributed by atoms with Crippen molar-refractivity contribution in [2.45, 2.75) is 19.9 Å². The molecule has 0 heterocycles. The van der Waals surface area contributed by atoms with Crippen molar-refractivity contribution in [3.05, 3.63) is 28.2 Å². The van der Waals surface area contributed by atoms with Crippen LogP contribution in [0.3, 0.4) is 0 Å². The third-order valence-corrected chi connectivity index (χ3v) is 2.94. The van der Waals surface area contributed by atoms with Gasteiger partial charge in [-0.1, -0.05) is 30.1 Å². The Hall–Kier alpha value is -0.970. The van der Waals surface area contributed by atoms with E-state index in [1.807, 2.05) is 13.8 Å². The number of amides is 1. The lowest BCUT2D eigenvalue weighted by Crippen LogP contribution is -2.40. The molecule has 0 bridgehead atoms. The maximum Gasteiger partial charge on any atom is 0.257 e. The Bertz CT molecular complexity index is 427. The first kappa shape index (κ1) is 16.1. The van der Waals surface area contributed by atoms with Gasteiger partial charge in [0.2, 0.25) is 0 Å². The number of benzene rings is 1. The van der Waals surface area contributed by atoms with Gasteiger partial charge in [-0.15, -0.1) is 0 Å². The Kier molecular flexibility index (Phi) is 6.99. The van der Waals surface area contributed by atoms with Gasteiger partial charge in [0, 0.05) is 17.6 Å². The van der Waals surface area contributed by atoms with Crippen molar-refractivity contribution in [1.29, 1.82) is 0 Å². The summed E-state index contributed by atoms with van der Waals surface area (Å²) in [5.74, 6) is 0.261. The van der Waals surface area contributed by atoms with Crippen LogP contribution in [0.5, 0.6) is 5.75 Å². The Balaban J connectivity index is 2.33. The molecule has 0 spiro atoms. The van der Waals surface area contributed by atoms with Gasteiger partial charge < -0.3 is 15.4 Å². The minimum Gasteiger partial charge on any atom is -0.482 e. The normalized spacial score (nSPS) is 12.0. The van der Waals surface area contributed by atoms with Gasteiger partial charge in [0.15, 0.2) is 6.61 Å². The van der Waals surface area contributed by atoms with Crippen LogP contribution < -0.4 is 15.4 Å². The first-order valence-corrected chi connectivity index (χ1v) is 6.86. The second kappa shape index (κ2) is 8.25. The average molecular weight is 305 g/mol. The maximum absolute atomic E-state index is 11.6. The number of ether oxygens (including phenoxy) is 1. The molecule has 0 aromatic heterocycles. The molecule has 19 heavy (non-hydrogen) atoms. The number of likely N-dealkylation sites (N-methyl/N-ethyl adjacent to an activating group) is 1. The summed E-state index contributed by atoms with van der Waals surface area (Å²) in [5, 5.41) is 6.89. The van der Waals surface area contributed by atoms with Crippen LogP contribution in [0.1, 0.15) is 13.8 Å². The van der Waals surface area contributed by atoms with Gasteiger partial charge >= 0.3 is 0 Å². The SMILES string of the molecule is CCN[C@H](C)CNC(=O)COc1ccc(Cl)cc1Cl. The predicted octanol–water partition coefficient (Wildman–Crippen LogP) is 2.49. The van der Waals surface area contributed by atoms with E-state index in [0.717, 1.165) is 6.54 Å². The summed E-state index contributed by atoms with van der Waals surface area (Å²) in [4.78, 5) is 11.6. The number of carbonyl (C=O) groups is 1. The molecular formula is C13H18Cl2N2O2. The number of hydrogen-bond donors (Lipinski definition) is 2. The van der Waals surface area contributed by atoms with E-state index < -0.39 is 0 Å². The first-order valence-electron chi connectivity index (χ1n) is 6.10. The highest BCUT2D eigenvalue weighted by atomic mass is 35.5. The van der Waals surface area contributed by atoms with Crippen LogP contribution in [0.25, 0.3) is 0 Å². The molecule has 0 aliphatic carbocycles. The van der Waals surface area contributed by atoms with Crippen molar-refractivity contribution in [2.75, 3.05) is 19.7 Å². The van der Waals surface area contributed by atoms with Crippen LogP contribution in [0.2, 0.25) is 10.0 Å². The topological polar surface area (TPSA) is 50.4 Å². The molecule has 1 atom stereocenters. The summed E-state index contributed by atoms with van der Waals surface area (Å²) >= 11 is 11.7. The zero-order chi connectivity index (χ0) is 14.3. The molecule has 0 fully saturated rings. The Morgan fingerprint density at radius 3 is 2.79 bits per heavy atom. The summed E-state index contributed by atoms with van der Waals surface area (Å²) in [6.45, 7) is 5.38. The van der Waals surface area contributed by atoms with E-state index in [1.165, 1.54) is 0 Å². The van der Waals surface area contributed by atoms with Crippen molar-refractivity contribution >= 4 is 29.1 Å². The molecule has 1 amide bonds. The van der Waals surface area contributed by atoms with Gasteiger partial charge in [-0.25, -0.2) is 0 Å². The number of carbonyl (C=O) groups excluding carboxylic acids is 1. The van der Waals surface area contributed by atoms with E-state index in [4.69, 9.17) is 27.9 Å². The van der Waals surface area contributed by atoms with Crippen LogP contribution in [0, 0.1) is 0 Å². The summed E-state index contributed by atoms with van der Waals surface area (Å²) in [6, 6.07) is 5.10. The molecule has 4 nitrogen and oxygen atoms in total. The van der Waals surface area contributed by atoms with Crippen LogP contribution in [0.4, 0.5) is 0 Å². The molecule has 0 saturated heterocycles. The standard InChI is InChI=1S/C13H18Cl2N2O2/c1-3-16-9(2)7-17-13(18)8-19-12-5-4-10(14)6-11(12)15/h4-6,9,16H,3,7-8H2,1-2H3,(H,17,18)/t9-/m1/s1. The smallest absolute Gasteiger partial charge is 0.257 e. The van der Waals surface area contributed by atoms with Crippen molar-refractivity contribution in [2.24, 2.45) is 0 Å². The summed E-state index contributed by atoms with van der Waals surface area (Å²) < 4.78 is 5.32. The van der Waals surface area contributed by atoms with Gasteiger partial charge in [-0.05, 0) is 31.7 Å². The lowest BCUT2D eigenvalue weighted by molar-refractivity contribution is -0.123. The second-order valence-electron chi connectivity index (χ2n) is 4.13. The van der Waals surface area contributed by atoms with Crippen LogP contribution >= 0.6 is 23.2 Å². The number of rotatable bonds is 7. The van der Waals surface area contributed by atoms with E-state index in [0.29, 0.717) is 22.3 Å². The Morgan fingerprint density at radius 2 is 2.16 bits per heavy atom. The van der Waals surface area contributed by atoms with Crippen LogP contribution in [-0.2, 0) is 4.79 Å². The Morgan fingerprint density at radius 1 is 1.42 bits per heavy atom. The quantitative estimate of drug-likeness (QED) is 0.814. The largest absolute Gasteiger partial charge is 0.482 e. The molecule has 1 aromatic rings. The molecule has 6 heteroatoms. The molecule has 1 aromatic carbocycles. The average Bonchev–Trinajstić information content (AvgIpc) is 2.35. The number of halogens is 2. The fourth-order valence-corrected chi connectivity index (χ4v) is 1.94. The van der Waals surface area contributed by atoms with E-state index in [-0.39, 0.29) is 18.6 Å². The van der Waals surface area contributed by atoms with E-state index in [2.05, 4.69) is 10.6 Å². The summed E-state index contributed by atoms with van der Waals surface area (Å²) in [5.41, 5.74) is 0. The monoisotopic (exact) mass is 304 g/mol. The summed E-state index contributed by atoms with van der Waals surface area (Å²) in [7, 11) is 0. The van der Waals surface area contributed by atoms with Crippen LogP contribution in [-0.4, -0.2) is 31.6 Å². The molecule has 2 N–H and O–H groups in total. The highest BCUT2D eigenvalue weighted by Crippen LogP contribution is 2.27. The zero-order valence-electron chi connectivity index (χ0n) is 11.0. The maximum atomic E-state index is 11.6. The molecule has 0 radical (unpaired) electrons. The van der Waals surface area contributed by atoms with Gasteiger partial charge in [-0.2, -0.15) is 0 Å². The second-order valence-corrected chi connectivity index (χ2v) is 4.97. The highest BCUT2D eigenvalue weighted by molar-refractivity contribution is 6.35. The molecule has 106 valence electrons. The van der Waals surface area contributed by atoms with Crippen molar-refractivity contribution in [3.8, 4) is 5.75 Å². The molecule has 0 aliphatic rings. The first-order chi connectivity index (χ1) is 9.02. The molecule has 0 unspecified atom stereocenters. The van der Waals surface area contributed by atoms with Crippen molar-refractivity contribution in [1.82, 2.24) is 10.6 Å². The van der Waals surface area contributed by atoms with E-state index in [1.54, 1.807) is 18.2 Å². The van der Waals surface area contributed by atoms with Gasteiger partial charge in [-0.3, -0.25) is 4.79 Å². The molecule has 0 saturated carbocycles. The fraction of sp³-hybridized carbons (Fsp3) is 0.462. The number of nitrogens with one attached hydrogen (secondary N) is 2. The molecule has 1 rings (SSSR count). The Labute approximate surface area is 123 Å². The van der Waals surface area contributed by atoms with Gasteiger partial charge in [0.25, 0.3) is 5.91 Å². The molecular weight excluding hydrogens is 287 g/mol. The third-order valence-electron chi connectivity index (χ3n) is 2.41. The lowest BCUT2D eigenvalue weighted by Gasteiger charge is -2.13. The van der Waals surface area contributed by atoms with E-state index in [9.17, 15) is 4.79 Å². The van der Waals surface area contributed by atoms with Gasteiger partial charge in [0.1, 0.15) is 5.75 Å². The molecule has 0 aliphatic heterocycles. The zero-order valence-corrected chi connectivity index (χ0v) is 12.5. The van der Waals surface area contributed by atoms with Crippen molar-refractivity contribution in [3.63, 3.8) is 0 Å².